The van der Waals surface area contributed by atoms with Gasteiger partial charge in [-0.15, -0.1) is 11.3 Å². The fourth-order valence-electron chi connectivity index (χ4n) is 1.98. The molecule has 2 aromatic rings. The van der Waals surface area contributed by atoms with Gasteiger partial charge >= 0.3 is 0 Å². The second-order valence-electron chi connectivity index (χ2n) is 4.59. The molecular weight excluding hydrogens is 322 g/mol. The highest BCUT2D eigenvalue weighted by Gasteiger charge is 2.24. The van der Waals surface area contributed by atoms with E-state index in [-0.39, 0.29) is 0 Å². The van der Waals surface area contributed by atoms with Crippen LogP contribution in [0.5, 0.6) is 11.5 Å². The maximum Gasteiger partial charge on any atom is 0.273 e. The number of thiophene rings is 1. The van der Waals surface area contributed by atoms with Crippen molar-refractivity contribution in [2.24, 2.45) is 0 Å². The van der Waals surface area contributed by atoms with Crippen LogP contribution in [0.3, 0.4) is 0 Å². The summed E-state index contributed by atoms with van der Waals surface area (Å²) >= 11 is 1.29. The molecule has 2 rings (SSSR count). The van der Waals surface area contributed by atoms with Gasteiger partial charge in [-0.2, -0.15) is 0 Å². The zero-order valence-electron chi connectivity index (χ0n) is 13.0. The number of methoxy groups -OCH3 is 2. The van der Waals surface area contributed by atoms with Crippen LogP contribution in [-0.2, 0) is 16.4 Å². The highest BCUT2D eigenvalue weighted by molar-refractivity contribution is 7.94. The topological polar surface area (TPSA) is 55.8 Å². The number of nitrogens with zero attached hydrogens (tertiary/aromatic N) is 1. The Morgan fingerprint density at radius 1 is 1.09 bits per heavy atom. The van der Waals surface area contributed by atoms with Crippen LogP contribution in [0.4, 0.5) is 5.69 Å². The zero-order valence-corrected chi connectivity index (χ0v) is 14.6. The molecule has 0 saturated heterocycles. The third-order valence-corrected chi connectivity index (χ3v) is 6.81. The first-order valence-corrected chi connectivity index (χ1v) is 8.99. The maximum absolute atomic E-state index is 12.7. The third-order valence-electron chi connectivity index (χ3n) is 3.33. The first kappa shape index (κ1) is 16.6. The van der Waals surface area contributed by atoms with Gasteiger partial charge in [-0.3, -0.25) is 4.31 Å². The normalized spacial score (nSPS) is 11.3. The summed E-state index contributed by atoms with van der Waals surface area (Å²) in [4.78, 5) is 1.04. The lowest BCUT2D eigenvalue weighted by Crippen LogP contribution is -2.25. The Hall–Kier alpha value is -1.73. The fraction of sp³-hybridized carbons (Fsp3) is 0.333. The number of benzene rings is 1. The van der Waals surface area contributed by atoms with E-state index in [1.165, 1.54) is 36.9 Å². The molecule has 7 heteroatoms. The summed E-state index contributed by atoms with van der Waals surface area (Å²) in [5.41, 5.74) is 0.518. The number of aryl methyl sites for hydroxylation is 1. The van der Waals surface area contributed by atoms with Gasteiger partial charge in [-0.05, 0) is 30.7 Å². The van der Waals surface area contributed by atoms with E-state index in [4.69, 9.17) is 9.47 Å². The molecule has 0 aliphatic rings. The number of hydrogen-bond acceptors (Lipinski definition) is 5. The van der Waals surface area contributed by atoms with Crippen molar-refractivity contribution >= 4 is 27.0 Å². The van der Waals surface area contributed by atoms with E-state index >= 15 is 0 Å². The smallest absolute Gasteiger partial charge is 0.273 e. The van der Waals surface area contributed by atoms with E-state index < -0.39 is 10.0 Å². The zero-order chi connectivity index (χ0) is 16.3. The molecule has 120 valence electrons. The van der Waals surface area contributed by atoms with E-state index in [1.54, 1.807) is 24.3 Å². The van der Waals surface area contributed by atoms with Gasteiger partial charge in [-0.1, -0.05) is 6.92 Å². The molecule has 0 aliphatic heterocycles. The number of rotatable bonds is 6. The van der Waals surface area contributed by atoms with E-state index in [0.29, 0.717) is 21.4 Å². The molecule has 0 aliphatic carbocycles. The predicted molar refractivity (Wildman–Crippen MR) is 88.8 cm³/mol. The summed E-state index contributed by atoms with van der Waals surface area (Å²) in [7, 11) is 1.01. The minimum atomic E-state index is -3.57. The predicted octanol–water partition coefficient (Wildman–Crippen LogP) is 3.15. The number of hydrogen-bond donors (Lipinski definition) is 0. The molecule has 1 aromatic heterocycles. The molecule has 0 atom stereocenters. The monoisotopic (exact) mass is 341 g/mol. The van der Waals surface area contributed by atoms with E-state index in [0.717, 1.165) is 11.3 Å². The quantitative estimate of drug-likeness (QED) is 0.810. The molecule has 0 radical (unpaired) electrons. The van der Waals surface area contributed by atoms with Crippen molar-refractivity contribution in [3.05, 3.63) is 35.2 Å². The van der Waals surface area contributed by atoms with E-state index in [2.05, 4.69) is 0 Å². The van der Waals surface area contributed by atoms with E-state index in [9.17, 15) is 8.42 Å². The second kappa shape index (κ2) is 6.58. The minimum Gasteiger partial charge on any atom is -0.493 e. The molecule has 0 bridgehead atoms. The summed E-state index contributed by atoms with van der Waals surface area (Å²) in [6, 6.07) is 8.51. The molecule has 0 amide bonds. The second-order valence-corrected chi connectivity index (χ2v) is 7.95. The lowest BCUT2D eigenvalue weighted by atomic mass is 10.3. The van der Waals surface area contributed by atoms with Gasteiger partial charge in [-0.25, -0.2) is 8.42 Å². The molecule has 0 unspecified atom stereocenters. The van der Waals surface area contributed by atoms with Crippen molar-refractivity contribution in [3.63, 3.8) is 0 Å². The number of anilines is 1. The Kier molecular flexibility index (Phi) is 4.97. The van der Waals surface area contributed by atoms with Crippen molar-refractivity contribution in [3.8, 4) is 11.5 Å². The van der Waals surface area contributed by atoms with Gasteiger partial charge in [0, 0.05) is 18.0 Å². The van der Waals surface area contributed by atoms with Crippen LogP contribution >= 0.6 is 11.3 Å². The SMILES string of the molecule is CCc1ccc(S(=O)(=O)N(C)c2ccc(OC)c(OC)c2)s1. The molecule has 0 N–H and O–H groups in total. The molecule has 5 nitrogen and oxygen atoms in total. The van der Waals surface area contributed by atoms with Gasteiger partial charge in [0.15, 0.2) is 11.5 Å². The largest absolute Gasteiger partial charge is 0.493 e. The highest BCUT2D eigenvalue weighted by atomic mass is 32.2. The van der Waals surface area contributed by atoms with Gasteiger partial charge in [0.25, 0.3) is 10.0 Å². The minimum absolute atomic E-state index is 0.335. The Labute approximate surface area is 135 Å². The number of ether oxygens (including phenoxy) is 2. The lowest BCUT2D eigenvalue weighted by molar-refractivity contribution is 0.355. The fourth-order valence-corrected chi connectivity index (χ4v) is 4.64. The average Bonchev–Trinajstić information content (AvgIpc) is 3.03. The molecule has 1 heterocycles. The van der Waals surface area contributed by atoms with Gasteiger partial charge < -0.3 is 9.47 Å². The molecule has 1 aromatic carbocycles. The van der Waals surface area contributed by atoms with Crippen molar-refractivity contribution < 1.29 is 17.9 Å². The molecular formula is C15H19NO4S2. The van der Waals surface area contributed by atoms with Crippen molar-refractivity contribution in [1.29, 1.82) is 0 Å². The third kappa shape index (κ3) is 3.05. The Morgan fingerprint density at radius 2 is 1.77 bits per heavy atom. The van der Waals surface area contributed by atoms with Crippen LogP contribution in [0.1, 0.15) is 11.8 Å². The average molecular weight is 341 g/mol. The van der Waals surface area contributed by atoms with Crippen molar-refractivity contribution in [2.75, 3.05) is 25.6 Å². The lowest BCUT2D eigenvalue weighted by Gasteiger charge is -2.19. The molecule has 0 spiro atoms. The Balaban J connectivity index is 2.39. The van der Waals surface area contributed by atoms with Crippen LogP contribution in [-0.4, -0.2) is 29.7 Å². The van der Waals surface area contributed by atoms with Crippen LogP contribution in [0, 0.1) is 0 Å². The molecule has 0 saturated carbocycles. The van der Waals surface area contributed by atoms with Gasteiger partial charge in [0.1, 0.15) is 4.21 Å². The molecule has 0 fully saturated rings. The van der Waals surface area contributed by atoms with Crippen LogP contribution < -0.4 is 13.8 Å². The van der Waals surface area contributed by atoms with Crippen LogP contribution in [0.15, 0.2) is 34.5 Å². The maximum atomic E-state index is 12.7. The van der Waals surface area contributed by atoms with Crippen LogP contribution in [0.25, 0.3) is 0 Å². The van der Waals surface area contributed by atoms with Crippen molar-refractivity contribution in [2.45, 2.75) is 17.6 Å². The highest BCUT2D eigenvalue weighted by Crippen LogP contribution is 2.34. The van der Waals surface area contributed by atoms with Gasteiger partial charge in [0.05, 0.1) is 19.9 Å². The Morgan fingerprint density at radius 3 is 2.32 bits per heavy atom. The van der Waals surface area contributed by atoms with Gasteiger partial charge in [0.2, 0.25) is 0 Å². The molecule has 22 heavy (non-hydrogen) atoms. The summed E-state index contributed by atoms with van der Waals surface area (Å²) in [6.45, 7) is 2.00. The van der Waals surface area contributed by atoms with E-state index in [1.807, 2.05) is 13.0 Å². The summed E-state index contributed by atoms with van der Waals surface area (Å²) < 4.78 is 37.3. The first-order valence-electron chi connectivity index (χ1n) is 6.73. The Bertz CT molecular complexity index is 753. The summed E-state index contributed by atoms with van der Waals surface area (Å²) in [6.07, 6.45) is 0.820. The first-order chi connectivity index (χ1) is 10.4. The number of sulfonamides is 1. The standard InChI is InChI=1S/C15H19NO4S2/c1-5-12-7-9-15(21-12)22(17,18)16(2)11-6-8-13(19-3)14(10-11)20-4/h6-10H,5H2,1-4H3. The summed E-state index contributed by atoms with van der Waals surface area (Å²) in [5, 5.41) is 0. The van der Waals surface area contributed by atoms with Crippen LogP contribution in [0.2, 0.25) is 0 Å². The summed E-state index contributed by atoms with van der Waals surface area (Å²) in [5.74, 6) is 1.05. The van der Waals surface area contributed by atoms with Crippen molar-refractivity contribution in [1.82, 2.24) is 0 Å².